The fourth-order valence-electron chi connectivity index (χ4n) is 7.07. The summed E-state index contributed by atoms with van der Waals surface area (Å²) < 4.78 is 16.7. The Morgan fingerprint density at radius 1 is 1.05 bits per heavy atom. The number of hydrogen-bond acceptors (Lipinski definition) is 13. The van der Waals surface area contributed by atoms with Crippen molar-refractivity contribution < 1.29 is 59.2 Å². The highest BCUT2D eigenvalue weighted by Crippen LogP contribution is 2.55. The number of phenolic OH excluding ortho intramolecular Hbond substituents is 2. The van der Waals surface area contributed by atoms with E-state index in [1.165, 1.54) is 13.8 Å². The first-order valence-electron chi connectivity index (χ1n) is 13.3. The van der Waals surface area contributed by atoms with Crippen LogP contribution in [0.4, 0.5) is 0 Å². The van der Waals surface area contributed by atoms with Crippen molar-refractivity contribution in [1.29, 1.82) is 0 Å². The molecule has 42 heavy (non-hydrogen) atoms. The van der Waals surface area contributed by atoms with E-state index in [0.717, 1.165) is 19.2 Å². The lowest BCUT2D eigenvalue weighted by Crippen LogP contribution is -2.68. The third-order valence-corrected chi connectivity index (χ3v) is 9.11. The van der Waals surface area contributed by atoms with Gasteiger partial charge in [0.25, 0.3) is 0 Å². The molecule has 6 rings (SSSR count). The van der Waals surface area contributed by atoms with Crippen molar-refractivity contribution in [2.45, 2.75) is 68.0 Å². The first kappa shape index (κ1) is 28.5. The number of benzene rings is 2. The van der Waals surface area contributed by atoms with Crippen molar-refractivity contribution in [2.75, 3.05) is 21.2 Å². The van der Waals surface area contributed by atoms with Crippen molar-refractivity contribution in [1.82, 2.24) is 4.90 Å². The number of ether oxygens (including phenoxy) is 3. The SMILES string of the molecule is COC(=O)[C@H]1c2cc3c(c(O)c2[C@@H](O)C[C@@]1(C)O)C(=O)c1c(O)cc2c(c1C3=O)O[C@H]1O[C@@]2(C)[C@@H](O)[C@@H](N(C)C)[C@H]1O. The van der Waals surface area contributed by atoms with E-state index in [1.807, 2.05) is 0 Å². The maximum atomic E-state index is 14.2. The number of carbonyl (C=O) groups is 3. The average Bonchev–Trinajstić information content (AvgIpc) is 2.89. The van der Waals surface area contributed by atoms with Gasteiger partial charge < -0.3 is 49.7 Å². The van der Waals surface area contributed by atoms with E-state index in [0.29, 0.717) is 0 Å². The molecule has 2 aromatic rings. The number of esters is 1. The fourth-order valence-corrected chi connectivity index (χ4v) is 7.07. The van der Waals surface area contributed by atoms with Crippen LogP contribution in [0.25, 0.3) is 0 Å². The molecule has 2 aliphatic carbocycles. The Kier molecular flexibility index (Phi) is 6.08. The molecule has 1 saturated heterocycles. The van der Waals surface area contributed by atoms with Crippen LogP contribution >= 0.6 is 0 Å². The highest BCUT2D eigenvalue weighted by molar-refractivity contribution is 6.31. The lowest BCUT2D eigenvalue weighted by molar-refractivity contribution is -0.311. The highest BCUT2D eigenvalue weighted by atomic mass is 16.7. The molecule has 6 N–H and O–H groups in total. The Bertz CT molecular complexity index is 1580. The fraction of sp³-hybridized carbons (Fsp3) is 0.483. The largest absolute Gasteiger partial charge is 0.507 e. The first-order valence-corrected chi connectivity index (χ1v) is 13.3. The van der Waals surface area contributed by atoms with Crippen molar-refractivity contribution in [3.63, 3.8) is 0 Å². The van der Waals surface area contributed by atoms with Crippen LogP contribution in [0.5, 0.6) is 17.2 Å². The van der Waals surface area contributed by atoms with Crippen LogP contribution in [0.15, 0.2) is 12.1 Å². The molecular weight excluding hydrogens is 554 g/mol. The molecule has 0 aromatic heterocycles. The van der Waals surface area contributed by atoms with Crippen molar-refractivity contribution in [3.05, 3.63) is 51.1 Å². The zero-order chi connectivity index (χ0) is 30.8. The molecule has 2 aliphatic heterocycles. The van der Waals surface area contributed by atoms with Crippen LogP contribution in [0.3, 0.4) is 0 Å². The van der Waals surface area contributed by atoms with Gasteiger partial charge in [-0.25, -0.2) is 0 Å². The molecule has 0 unspecified atom stereocenters. The van der Waals surface area contributed by atoms with E-state index < -0.39 is 87.9 Å². The second kappa shape index (κ2) is 8.96. The molecule has 8 atom stereocenters. The number of fused-ring (bicyclic) bond motifs is 8. The zero-order valence-corrected chi connectivity index (χ0v) is 23.4. The summed E-state index contributed by atoms with van der Waals surface area (Å²) in [6, 6.07) is 1.44. The Hall–Kier alpha value is -3.59. The van der Waals surface area contributed by atoms with Gasteiger partial charge in [-0.2, -0.15) is 0 Å². The number of carbonyl (C=O) groups excluding carboxylic acids is 3. The van der Waals surface area contributed by atoms with Gasteiger partial charge in [-0.1, -0.05) is 0 Å². The predicted octanol–water partition coefficient (Wildman–Crippen LogP) is -0.0662. The van der Waals surface area contributed by atoms with Gasteiger partial charge in [0.2, 0.25) is 12.1 Å². The van der Waals surface area contributed by atoms with Crippen LogP contribution in [0.2, 0.25) is 0 Å². The molecule has 1 fully saturated rings. The summed E-state index contributed by atoms with van der Waals surface area (Å²) in [5, 5.41) is 66.5. The molecule has 2 heterocycles. The lowest BCUT2D eigenvalue weighted by atomic mass is 9.68. The quantitative estimate of drug-likeness (QED) is 0.218. The summed E-state index contributed by atoms with van der Waals surface area (Å²) >= 11 is 0. The minimum atomic E-state index is -1.83. The van der Waals surface area contributed by atoms with E-state index in [-0.39, 0.29) is 40.0 Å². The van der Waals surface area contributed by atoms with Crippen LogP contribution < -0.4 is 4.74 Å². The van der Waals surface area contributed by atoms with Gasteiger partial charge in [0.05, 0.1) is 41.5 Å². The standard InChI is InChI=1S/C29H31NO12/c1-28(39)8-13(32)14-9(18(28)26(38)40-5)6-10-15(21(14)34)22(35)16-12(31)7-11-24(17(16)20(10)33)41-27-23(36)19(30(3)4)25(37)29(11,2)42-27/h6-7,13,18-19,23,25,27,31-32,34,36-37,39H,8H2,1-5H3/t13-,18+,19-,23+,25-,27-,28+,29+/m0/s1. The number of aliphatic hydroxyl groups excluding tert-OH is 3. The number of ketones is 2. The molecular formula is C29H31NO12. The summed E-state index contributed by atoms with van der Waals surface area (Å²) in [7, 11) is 4.39. The number of methoxy groups -OCH3 is 1. The monoisotopic (exact) mass is 585 g/mol. The Balaban J connectivity index is 1.60. The van der Waals surface area contributed by atoms with Crippen LogP contribution in [-0.4, -0.2) is 104 Å². The van der Waals surface area contributed by atoms with Crippen LogP contribution in [0, 0.1) is 0 Å². The zero-order valence-electron chi connectivity index (χ0n) is 23.4. The Morgan fingerprint density at radius 3 is 2.33 bits per heavy atom. The minimum absolute atomic E-state index is 0.0545. The normalized spacial score (nSPS) is 34.6. The molecule has 2 bridgehead atoms. The number of aliphatic hydroxyl groups is 4. The van der Waals surface area contributed by atoms with Gasteiger partial charge >= 0.3 is 5.97 Å². The number of rotatable bonds is 2. The van der Waals surface area contributed by atoms with Gasteiger partial charge in [0.1, 0.15) is 41.0 Å². The lowest BCUT2D eigenvalue weighted by Gasteiger charge is -2.53. The summed E-state index contributed by atoms with van der Waals surface area (Å²) in [5.41, 5.74) is -5.43. The van der Waals surface area contributed by atoms with E-state index in [2.05, 4.69) is 0 Å². The predicted molar refractivity (Wildman–Crippen MR) is 140 cm³/mol. The van der Waals surface area contributed by atoms with E-state index in [9.17, 15) is 45.0 Å². The van der Waals surface area contributed by atoms with Gasteiger partial charge in [-0.15, -0.1) is 0 Å². The molecule has 13 heteroatoms. The van der Waals surface area contributed by atoms with Gasteiger partial charge in [-0.3, -0.25) is 14.4 Å². The summed E-state index contributed by atoms with van der Waals surface area (Å²) in [4.78, 5) is 42.4. The Morgan fingerprint density at radius 2 is 1.71 bits per heavy atom. The number of aromatic hydroxyl groups is 2. The molecule has 0 amide bonds. The van der Waals surface area contributed by atoms with Gasteiger partial charge in [-0.05, 0) is 45.6 Å². The number of phenols is 2. The smallest absolute Gasteiger partial charge is 0.316 e. The summed E-state index contributed by atoms with van der Waals surface area (Å²) in [6.45, 7) is 2.81. The number of likely N-dealkylation sites (N-methyl/N-ethyl adjacent to an activating group) is 1. The van der Waals surface area contributed by atoms with Gasteiger partial charge in [0, 0.05) is 23.1 Å². The number of hydrogen-bond donors (Lipinski definition) is 6. The third-order valence-electron chi connectivity index (χ3n) is 9.11. The van der Waals surface area contributed by atoms with E-state index in [1.54, 1.807) is 19.0 Å². The van der Waals surface area contributed by atoms with Crippen molar-refractivity contribution in [2.24, 2.45) is 0 Å². The van der Waals surface area contributed by atoms with Crippen molar-refractivity contribution >= 4 is 17.5 Å². The molecule has 224 valence electrons. The molecule has 2 aromatic carbocycles. The van der Waals surface area contributed by atoms with Crippen LogP contribution in [-0.2, 0) is 19.9 Å². The molecule has 0 spiro atoms. The second-order valence-electron chi connectivity index (χ2n) is 12.0. The maximum Gasteiger partial charge on any atom is 0.316 e. The minimum Gasteiger partial charge on any atom is -0.507 e. The molecule has 13 nitrogen and oxygen atoms in total. The number of nitrogens with zero attached hydrogens (tertiary/aromatic N) is 1. The summed E-state index contributed by atoms with van der Waals surface area (Å²) in [5.74, 6) is -5.77. The first-order chi connectivity index (χ1) is 19.6. The third kappa shape index (κ3) is 3.49. The second-order valence-corrected chi connectivity index (χ2v) is 12.0. The van der Waals surface area contributed by atoms with Crippen LogP contribution in [0.1, 0.15) is 80.8 Å². The average molecular weight is 586 g/mol. The maximum absolute atomic E-state index is 14.2. The van der Waals surface area contributed by atoms with Gasteiger partial charge in [0.15, 0.2) is 5.78 Å². The Labute approximate surface area is 239 Å². The van der Waals surface area contributed by atoms with E-state index in [4.69, 9.17) is 14.2 Å². The molecule has 4 aliphatic rings. The molecule has 0 radical (unpaired) electrons. The van der Waals surface area contributed by atoms with Crippen molar-refractivity contribution in [3.8, 4) is 17.2 Å². The summed E-state index contributed by atoms with van der Waals surface area (Å²) in [6.07, 6.45) is -5.98. The molecule has 0 saturated carbocycles. The van der Waals surface area contributed by atoms with E-state index >= 15 is 0 Å². The highest BCUT2D eigenvalue weighted by Gasteiger charge is 2.59. The topological polar surface area (TPSA) is 204 Å².